The third-order valence-corrected chi connectivity index (χ3v) is 9.44. The standard InChI is InChI=1S/C41H77O8P/c1-3-5-7-9-11-13-15-17-19-20-22-24-26-28-30-32-34-36-41(43)49-39(38-48-50(44,45)46)37-47-40(42)35-33-31-29-27-25-23-21-18-16-14-12-10-8-6-4-2/h17,19,29,31,39H,3-16,18,20-28,30,32-38H2,1-2H3,(H2,44,45,46)/b19-17+,31-29+/t39-/m1/s1. The fourth-order valence-corrected chi connectivity index (χ4v) is 6.22. The van der Waals surface area contributed by atoms with Crippen molar-refractivity contribution in [1.29, 1.82) is 0 Å². The van der Waals surface area contributed by atoms with E-state index in [4.69, 9.17) is 19.3 Å². The Kier molecular flexibility index (Phi) is 36.2. The lowest BCUT2D eigenvalue weighted by molar-refractivity contribution is -0.161. The highest BCUT2D eigenvalue weighted by Gasteiger charge is 2.22. The van der Waals surface area contributed by atoms with Gasteiger partial charge in [0.2, 0.25) is 0 Å². The number of rotatable bonds is 38. The van der Waals surface area contributed by atoms with Crippen molar-refractivity contribution in [2.45, 2.75) is 213 Å². The lowest BCUT2D eigenvalue weighted by Crippen LogP contribution is -2.29. The highest BCUT2D eigenvalue weighted by molar-refractivity contribution is 7.46. The highest BCUT2D eigenvalue weighted by Crippen LogP contribution is 2.36. The molecular formula is C41H77O8P. The molecule has 9 heteroatoms. The molecule has 2 N–H and O–H groups in total. The Morgan fingerprint density at radius 2 is 0.880 bits per heavy atom. The summed E-state index contributed by atoms with van der Waals surface area (Å²) in [4.78, 5) is 42.8. The van der Waals surface area contributed by atoms with Crippen LogP contribution in [0.25, 0.3) is 0 Å². The average molecular weight is 729 g/mol. The monoisotopic (exact) mass is 729 g/mol. The van der Waals surface area contributed by atoms with Gasteiger partial charge in [0, 0.05) is 12.8 Å². The van der Waals surface area contributed by atoms with Crippen LogP contribution in [-0.4, -0.2) is 41.0 Å². The van der Waals surface area contributed by atoms with Gasteiger partial charge in [-0.1, -0.05) is 167 Å². The van der Waals surface area contributed by atoms with Crippen LogP contribution in [0, 0.1) is 0 Å². The second kappa shape index (κ2) is 37.3. The van der Waals surface area contributed by atoms with Crippen molar-refractivity contribution >= 4 is 19.8 Å². The van der Waals surface area contributed by atoms with Crippen LogP contribution in [0.3, 0.4) is 0 Å². The summed E-state index contributed by atoms with van der Waals surface area (Å²) in [6.45, 7) is 3.65. The van der Waals surface area contributed by atoms with Gasteiger partial charge in [0.15, 0.2) is 6.10 Å². The molecule has 0 bridgehead atoms. The van der Waals surface area contributed by atoms with E-state index in [0.717, 1.165) is 38.5 Å². The lowest BCUT2D eigenvalue weighted by atomic mass is 10.1. The third kappa shape index (κ3) is 39.3. The van der Waals surface area contributed by atoms with E-state index in [1.54, 1.807) is 0 Å². The molecule has 0 aromatic heterocycles. The molecule has 0 spiro atoms. The predicted molar refractivity (Wildman–Crippen MR) is 207 cm³/mol. The van der Waals surface area contributed by atoms with Gasteiger partial charge in [-0.2, -0.15) is 0 Å². The molecule has 0 fully saturated rings. The summed E-state index contributed by atoms with van der Waals surface area (Å²) in [5, 5.41) is 0. The molecule has 0 heterocycles. The Hall–Kier alpha value is -1.47. The number of carbonyl (C=O) groups excluding carboxylic acids is 2. The van der Waals surface area contributed by atoms with Gasteiger partial charge >= 0.3 is 19.8 Å². The van der Waals surface area contributed by atoms with Gasteiger partial charge in [-0.3, -0.25) is 14.1 Å². The maximum Gasteiger partial charge on any atom is 0.469 e. The Labute approximate surface area is 307 Å². The van der Waals surface area contributed by atoms with Crippen LogP contribution in [0.5, 0.6) is 0 Å². The van der Waals surface area contributed by atoms with Crippen LogP contribution in [0.15, 0.2) is 24.3 Å². The van der Waals surface area contributed by atoms with Crippen LogP contribution >= 0.6 is 7.82 Å². The van der Waals surface area contributed by atoms with E-state index in [-0.39, 0.29) is 19.4 Å². The molecule has 0 unspecified atom stereocenters. The molecule has 0 aliphatic heterocycles. The summed E-state index contributed by atoms with van der Waals surface area (Å²) in [6, 6.07) is 0. The van der Waals surface area contributed by atoms with Gasteiger partial charge in [0.25, 0.3) is 0 Å². The minimum absolute atomic E-state index is 0.185. The first-order valence-corrected chi connectivity index (χ1v) is 22.2. The largest absolute Gasteiger partial charge is 0.469 e. The number of ether oxygens (including phenoxy) is 2. The van der Waals surface area contributed by atoms with Crippen LogP contribution < -0.4 is 0 Å². The molecule has 0 aromatic rings. The fourth-order valence-electron chi connectivity index (χ4n) is 5.86. The predicted octanol–water partition coefficient (Wildman–Crippen LogP) is 12.4. The van der Waals surface area contributed by atoms with E-state index in [2.05, 4.69) is 36.6 Å². The SMILES string of the molecule is CCCCCCCC/C=C/CCCCCCCCCC(=O)O[C@H](COC(=O)CC/C=C/CCCCCCCCCCCCC)COP(=O)(O)O. The van der Waals surface area contributed by atoms with Crippen LogP contribution in [-0.2, 0) is 28.2 Å². The average Bonchev–Trinajstić information content (AvgIpc) is 3.08. The maximum absolute atomic E-state index is 12.4. The molecule has 294 valence electrons. The van der Waals surface area contributed by atoms with Gasteiger partial charge in [-0.15, -0.1) is 0 Å². The Bertz CT molecular complexity index is 869. The molecular weight excluding hydrogens is 651 g/mol. The summed E-state index contributed by atoms with van der Waals surface area (Å²) < 4.78 is 26.3. The fraction of sp³-hybridized carbons (Fsp3) is 0.854. The quantitative estimate of drug-likeness (QED) is 0.0279. The van der Waals surface area contributed by atoms with E-state index in [1.807, 2.05) is 6.08 Å². The first-order valence-electron chi connectivity index (χ1n) is 20.6. The van der Waals surface area contributed by atoms with Gasteiger partial charge in [-0.05, 0) is 51.4 Å². The summed E-state index contributed by atoms with van der Waals surface area (Å²) in [6.07, 6.45) is 41.9. The van der Waals surface area contributed by atoms with Crippen LogP contribution in [0.2, 0.25) is 0 Å². The van der Waals surface area contributed by atoms with E-state index >= 15 is 0 Å². The first kappa shape index (κ1) is 48.5. The van der Waals surface area contributed by atoms with Gasteiger partial charge in [-0.25, -0.2) is 4.57 Å². The van der Waals surface area contributed by atoms with Crippen molar-refractivity contribution < 1.29 is 37.9 Å². The van der Waals surface area contributed by atoms with Gasteiger partial charge in [0.1, 0.15) is 6.61 Å². The number of phosphoric ester groups is 1. The highest BCUT2D eigenvalue weighted by atomic mass is 31.2. The van der Waals surface area contributed by atoms with Crippen molar-refractivity contribution in [2.75, 3.05) is 13.2 Å². The van der Waals surface area contributed by atoms with Crippen LogP contribution in [0.1, 0.15) is 206 Å². The summed E-state index contributed by atoms with van der Waals surface area (Å²) in [5.74, 6) is -0.941. The van der Waals surface area contributed by atoms with Crippen molar-refractivity contribution in [3.63, 3.8) is 0 Å². The molecule has 0 aliphatic rings. The van der Waals surface area contributed by atoms with E-state index in [1.165, 1.54) is 128 Å². The number of carbonyl (C=O) groups is 2. The minimum atomic E-state index is -4.76. The Morgan fingerprint density at radius 3 is 1.30 bits per heavy atom. The second-order valence-corrected chi connectivity index (χ2v) is 15.2. The molecule has 0 rings (SSSR count). The molecule has 0 amide bonds. The minimum Gasteiger partial charge on any atom is -0.462 e. The van der Waals surface area contributed by atoms with Crippen molar-refractivity contribution in [2.24, 2.45) is 0 Å². The molecule has 0 aromatic carbocycles. The van der Waals surface area contributed by atoms with E-state index in [0.29, 0.717) is 12.8 Å². The summed E-state index contributed by atoms with van der Waals surface area (Å²) in [7, 11) is -4.76. The molecule has 8 nitrogen and oxygen atoms in total. The molecule has 0 aliphatic carbocycles. The maximum atomic E-state index is 12.4. The summed E-state index contributed by atoms with van der Waals surface area (Å²) >= 11 is 0. The number of hydrogen-bond donors (Lipinski definition) is 2. The molecule has 0 saturated carbocycles. The van der Waals surface area contributed by atoms with Crippen LogP contribution in [0.4, 0.5) is 0 Å². The normalized spacial score (nSPS) is 12.6. The first-order chi connectivity index (χ1) is 24.3. The molecule has 1 atom stereocenters. The molecule has 50 heavy (non-hydrogen) atoms. The van der Waals surface area contributed by atoms with E-state index < -0.39 is 32.5 Å². The number of hydrogen-bond acceptors (Lipinski definition) is 6. The topological polar surface area (TPSA) is 119 Å². The number of esters is 2. The van der Waals surface area contributed by atoms with Crippen molar-refractivity contribution in [3.05, 3.63) is 24.3 Å². The van der Waals surface area contributed by atoms with Gasteiger partial charge < -0.3 is 19.3 Å². The van der Waals surface area contributed by atoms with Gasteiger partial charge in [0.05, 0.1) is 6.61 Å². The second-order valence-electron chi connectivity index (χ2n) is 14.0. The zero-order valence-corrected chi connectivity index (χ0v) is 33.2. The van der Waals surface area contributed by atoms with Crippen molar-refractivity contribution in [3.8, 4) is 0 Å². The molecule has 0 radical (unpaired) electrons. The zero-order chi connectivity index (χ0) is 36.8. The number of unbranched alkanes of at least 4 members (excludes halogenated alkanes) is 24. The lowest BCUT2D eigenvalue weighted by Gasteiger charge is -2.18. The third-order valence-electron chi connectivity index (χ3n) is 8.96. The van der Waals surface area contributed by atoms with E-state index in [9.17, 15) is 14.2 Å². The molecule has 0 saturated heterocycles. The number of phosphoric acid groups is 1. The Balaban J connectivity index is 3.95. The number of allylic oxidation sites excluding steroid dienone is 4. The smallest absolute Gasteiger partial charge is 0.462 e. The summed E-state index contributed by atoms with van der Waals surface area (Å²) in [5.41, 5.74) is 0. The zero-order valence-electron chi connectivity index (χ0n) is 32.3. The Morgan fingerprint density at radius 1 is 0.500 bits per heavy atom. The van der Waals surface area contributed by atoms with Crippen molar-refractivity contribution in [1.82, 2.24) is 0 Å².